The lowest BCUT2D eigenvalue weighted by atomic mass is 10.3. The first-order valence-corrected chi connectivity index (χ1v) is 5.91. The van der Waals surface area contributed by atoms with Crippen LogP contribution in [0.5, 0.6) is 11.5 Å². The molecule has 0 aromatic heterocycles. The number of nitrogens with one attached hydrogen (secondary N) is 1. The lowest BCUT2D eigenvalue weighted by molar-refractivity contribution is -0.121. The Morgan fingerprint density at radius 3 is 2.72 bits per heavy atom. The number of carbonyl (C=O) groups excluding carboxylic acids is 1. The van der Waals surface area contributed by atoms with Crippen molar-refractivity contribution < 1.29 is 19.4 Å². The lowest BCUT2D eigenvalue weighted by Gasteiger charge is -2.10. The van der Waals surface area contributed by atoms with Crippen LogP contribution in [0.25, 0.3) is 0 Å². The minimum Gasteiger partial charge on any atom is -0.493 e. The molecule has 0 saturated heterocycles. The number of para-hydroxylation sites is 2. The maximum atomic E-state index is 11.2. The third-order valence-corrected chi connectivity index (χ3v) is 2.31. The number of aliphatic hydroxyl groups is 1. The summed E-state index contributed by atoms with van der Waals surface area (Å²) in [5.41, 5.74) is 0. The van der Waals surface area contributed by atoms with Crippen molar-refractivity contribution >= 4 is 5.91 Å². The normalized spacial score (nSPS) is 9.89. The number of methoxy groups -OCH3 is 1. The number of hydrogen-bond acceptors (Lipinski definition) is 4. The molecule has 0 bridgehead atoms. The summed E-state index contributed by atoms with van der Waals surface area (Å²) in [5.74, 6) is 1.28. The average Bonchev–Trinajstić information content (AvgIpc) is 2.41. The van der Waals surface area contributed by atoms with Gasteiger partial charge in [0.05, 0.1) is 20.3 Å². The van der Waals surface area contributed by atoms with E-state index in [2.05, 4.69) is 5.32 Å². The molecule has 0 unspecified atom stereocenters. The number of benzene rings is 1. The number of hydrogen-bond donors (Lipinski definition) is 2. The summed E-state index contributed by atoms with van der Waals surface area (Å²) in [6.45, 7) is 0.711. The quantitative estimate of drug-likeness (QED) is 0.677. The predicted octanol–water partition coefficient (Wildman–Crippen LogP) is 0.963. The van der Waals surface area contributed by atoms with Crippen molar-refractivity contribution in [2.75, 3.05) is 26.9 Å². The highest BCUT2D eigenvalue weighted by Gasteiger charge is 2.03. The molecule has 0 radical (unpaired) electrons. The molecule has 5 nitrogen and oxygen atoms in total. The first kappa shape index (κ1) is 14.3. The van der Waals surface area contributed by atoms with E-state index in [1.54, 1.807) is 7.11 Å². The van der Waals surface area contributed by atoms with Crippen LogP contribution in [0.3, 0.4) is 0 Å². The van der Waals surface area contributed by atoms with E-state index in [0.29, 0.717) is 37.5 Å². The fourth-order valence-electron chi connectivity index (χ4n) is 1.44. The summed E-state index contributed by atoms with van der Waals surface area (Å²) >= 11 is 0. The lowest BCUT2D eigenvalue weighted by Crippen LogP contribution is -2.26. The number of aliphatic hydroxyl groups excluding tert-OH is 1. The van der Waals surface area contributed by atoms with Gasteiger partial charge in [-0.05, 0) is 18.6 Å². The maximum absolute atomic E-state index is 11.2. The molecular weight excluding hydrogens is 234 g/mol. The second kappa shape index (κ2) is 8.36. The van der Waals surface area contributed by atoms with Crippen molar-refractivity contribution in [3.05, 3.63) is 24.3 Å². The van der Waals surface area contributed by atoms with Gasteiger partial charge < -0.3 is 19.9 Å². The molecule has 0 aliphatic rings. The number of rotatable bonds is 8. The molecular formula is C13H19NO4. The van der Waals surface area contributed by atoms with E-state index in [1.165, 1.54) is 0 Å². The van der Waals surface area contributed by atoms with Gasteiger partial charge in [0.2, 0.25) is 5.91 Å². The third-order valence-electron chi connectivity index (χ3n) is 2.31. The Morgan fingerprint density at radius 1 is 1.33 bits per heavy atom. The molecule has 0 spiro atoms. The van der Waals surface area contributed by atoms with Crippen LogP contribution in [0, 0.1) is 0 Å². The minimum absolute atomic E-state index is 0.0382. The van der Waals surface area contributed by atoms with Crippen molar-refractivity contribution in [1.82, 2.24) is 5.32 Å². The summed E-state index contributed by atoms with van der Waals surface area (Å²) in [4.78, 5) is 11.2. The fraction of sp³-hybridized carbons (Fsp3) is 0.462. The molecule has 0 fully saturated rings. The van der Waals surface area contributed by atoms with Crippen molar-refractivity contribution in [2.45, 2.75) is 12.8 Å². The first-order valence-electron chi connectivity index (χ1n) is 5.91. The van der Waals surface area contributed by atoms with Crippen molar-refractivity contribution in [2.24, 2.45) is 0 Å². The Morgan fingerprint density at radius 2 is 2.06 bits per heavy atom. The highest BCUT2D eigenvalue weighted by Crippen LogP contribution is 2.25. The molecule has 100 valence electrons. The molecule has 1 aromatic carbocycles. The van der Waals surface area contributed by atoms with E-state index in [-0.39, 0.29) is 12.5 Å². The number of carbonyl (C=O) groups is 1. The van der Waals surface area contributed by atoms with Gasteiger partial charge >= 0.3 is 0 Å². The van der Waals surface area contributed by atoms with Crippen LogP contribution in [0.15, 0.2) is 24.3 Å². The van der Waals surface area contributed by atoms with Gasteiger partial charge in [-0.15, -0.1) is 0 Å². The molecule has 2 N–H and O–H groups in total. The van der Waals surface area contributed by atoms with Gasteiger partial charge in [-0.1, -0.05) is 12.1 Å². The van der Waals surface area contributed by atoms with Crippen LogP contribution in [0.4, 0.5) is 0 Å². The molecule has 1 aromatic rings. The Kier molecular flexibility index (Phi) is 6.64. The van der Waals surface area contributed by atoms with Crippen molar-refractivity contribution in [3.8, 4) is 11.5 Å². The molecule has 1 amide bonds. The Bertz CT molecular complexity index is 368. The van der Waals surface area contributed by atoms with Gasteiger partial charge in [0.15, 0.2) is 11.5 Å². The zero-order valence-electron chi connectivity index (χ0n) is 10.5. The molecule has 0 atom stereocenters. The van der Waals surface area contributed by atoms with E-state index in [0.717, 1.165) is 0 Å². The van der Waals surface area contributed by atoms with E-state index < -0.39 is 0 Å². The van der Waals surface area contributed by atoms with Gasteiger partial charge in [0, 0.05) is 13.0 Å². The van der Waals surface area contributed by atoms with Gasteiger partial charge in [-0.3, -0.25) is 4.79 Å². The van der Waals surface area contributed by atoms with Crippen LogP contribution in [0.2, 0.25) is 0 Å². The van der Waals surface area contributed by atoms with Crippen LogP contribution < -0.4 is 14.8 Å². The largest absolute Gasteiger partial charge is 0.493 e. The molecule has 0 aliphatic carbocycles. The second-order valence-electron chi connectivity index (χ2n) is 3.68. The van der Waals surface area contributed by atoms with Gasteiger partial charge in [-0.25, -0.2) is 0 Å². The molecule has 0 aliphatic heterocycles. The molecule has 0 heterocycles. The first-order chi connectivity index (χ1) is 8.77. The number of ether oxygens (including phenoxy) is 2. The van der Waals surface area contributed by atoms with E-state index >= 15 is 0 Å². The molecule has 5 heteroatoms. The van der Waals surface area contributed by atoms with Crippen molar-refractivity contribution in [1.29, 1.82) is 0 Å². The van der Waals surface area contributed by atoms with Gasteiger partial charge in [0.25, 0.3) is 0 Å². The Hall–Kier alpha value is -1.75. The predicted molar refractivity (Wildman–Crippen MR) is 67.8 cm³/mol. The molecule has 1 rings (SSSR count). The van der Waals surface area contributed by atoms with E-state index in [1.807, 2.05) is 24.3 Å². The zero-order valence-corrected chi connectivity index (χ0v) is 10.5. The van der Waals surface area contributed by atoms with Crippen LogP contribution >= 0.6 is 0 Å². The Balaban J connectivity index is 2.23. The monoisotopic (exact) mass is 253 g/mol. The smallest absolute Gasteiger partial charge is 0.220 e. The van der Waals surface area contributed by atoms with Crippen LogP contribution in [0.1, 0.15) is 12.8 Å². The second-order valence-corrected chi connectivity index (χ2v) is 3.68. The zero-order chi connectivity index (χ0) is 13.2. The van der Waals surface area contributed by atoms with E-state index in [9.17, 15) is 4.79 Å². The summed E-state index contributed by atoms with van der Waals surface area (Å²) in [5, 5.41) is 11.1. The minimum atomic E-state index is -0.0762. The van der Waals surface area contributed by atoms with Crippen LogP contribution in [-0.4, -0.2) is 37.9 Å². The van der Waals surface area contributed by atoms with Gasteiger partial charge in [-0.2, -0.15) is 0 Å². The van der Waals surface area contributed by atoms with Crippen molar-refractivity contribution in [3.63, 3.8) is 0 Å². The number of amides is 1. The topological polar surface area (TPSA) is 67.8 Å². The Labute approximate surface area is 107 Å². The third kappa shape index (κ3) is 5.05. The van der Waals surface area contributed by atoms with E-state index in [4.69, 9.17) is 14.6 Å². The van der Waals surface area contributed by atoms with Gasteiger partial charge in [0.1, 0.15) is 0 Å². The highest BCUT2D eigenvalue weighted by molar-refractivity contribution is 5.75. The summed E-state index contributed by atoms with van der Waals surface area (Å²) < 4.78 is 10.7. The summed E-state index contributed by atoms with van der Waals surface area (Å²) in [6.07, 6.45) is 1.00. The maximum Gasteiger partial charge on any atom is 0.220 e. The molecule has 18 heavy (non-hydrogen) atoms. The summed E-state index contributed by atoms with van der Waals surface area (Å²) in [6, 6.07) is 7.38. The highest BCUT2D eigenvalue weighted by atomic mass is 16.5. The fourth-order valence-corrected chi connectivity index (χ4v) is 1.44. The SMILES string of the molecule is COc1ccccc1OCCCC(=O)NCCO. The van der Waals surface area contributed by atoms with Crippen LogP contribution in [-0.2, 0) is 4.79 Å². The standard InChI is InChI=1S/C13H19NO4/c1-17-11-5-2-3-6-12(11)18-10-4-7-13(16)14-8-9-15/h2-3,5-6,15H,4,7-10H2,1H3,(H,14,16). The average molecular weight is 253 g/mol. The summed E-state index contributed by atoms with van der Waals surface area (Å²) in [7, 11) is 1.59. The molecule has 0 saturated carbocycles.